The van der Waals surface area contributed by atoms with Crippen LogP contribution in [0.2, 0.25) is 0 Å². The van der Waals surface area contributed by atoms with Crippen molar-refractivity contribution in [2.45, 2.75) is 26.7 Å². The van der Waals surface area contributed by atoms with Crippen molar-refractivity contribution in [2.24, 2.45) is 0 Å². The molecule has 0 aromatic heterocycles. The molecule has 1 rings (SSSR count). The second-order valence-electron chi connectivity index (χ2n) is 3.55. The van der Waals surface area contributed by atoms with Crippen LogP contribution in [0.25, 0.3) is 0 Å². The molecular weight excluding hydrogens is 268 g/mol. The highest BCUT2D eigenvalue weighted by molar-refractivity contribution is 9.09. The van der Waals surface area contributed by atoms with Crippen LogP contribution in [-0.4, -0.2) is 17.9 Å². The molecule has 2 nitrogen and oxygen atoms in total. The molecule has 0 aliphatic rings. The van der Waals surface area contributed by atoms with Crippen molar-refractivity contribution in [3.05, 3.63) is 34.9 Å². The lowest BCUT2D eigenvalue weighted by molar-refractivity contribution is 0.0526. The summed E-state index contributed by atoms with van der Waals surface area (Å²) >= 11 is 3.41. The van der Waals surface area contributed by atoms with E-state index in [1.54, 1.807) is 0 Å². The largest absolute Gasteiger partial charge is 0.462 e. The normalized spacial score (nSPS) is 10.2. The highest BCUT2D eigenvalue weighted by Crippen LogP contribution is 2.13. The summed E-state index contributed by atoms with van der Waals surface area (Å²) in [6.45, 7) is 4.33. The third kappa shape index (κ3) is 3.63. The summed E-state index contributed by atoms with van der Waals surface area (Å²) in [6, 6.07) is 5.97. The van der Waals surface area contributed by atoms with E-state index in [0.29, 0.717) is 12.2 Å². The number of ether oxygens (including phenoxy) is 1. The Labute approximate surface area is 105 Å². The zero-order chi connectivity index (χ0) is 12.0. The maximum atomic E-state index is 11.6. The third-order valence-electron chi connectivity index (χ3n) is 2.36. The van der Waals surface area contributed by atoms with Crippen LogP contribution in [-0.2, 0) is 17.6 Å². The quantitative estimate of drug-likeness (QED) is 0.612. The molecule has 0 spiro atoms. The van der Waals surface area contributed by atoms with Crippen LogP contribution in [0.15, 0.2) is 18.2 Å². The number of rotatable bonds is 5. The zero-order valence-corrected chi connectivity index (χ0v) is 11.3. The van der Waals surface area contributed by atoms with E-state index in [-0.39, 0.29) is 5.97 Å². The summed E-state index contributed by atoms with van der Waals surface area (Å²) in [7, 11) is 0. The molecular formula is C13H17BrO2. The molecule has 0 aliphatic carbocycles. The van der Waals surface area contributed by atoms with Crippen molar-refractivity contribution in [1.29, 1.82) is 0 Å². The highest BCUT2D eigenvalue weighted by Gasteiger charge is 2.08. The highest BCUT2D eigenvalue weighted by atomic mass is 79.9. The van der Waals surface area contributed by atoms with Gasteiger partial charge >= 0.3 is 5.97 Å². The Morgan fingerprint density at radius 2 is 1.94 bits per heavy atom. The molecule has 0 amide bonds. The minimum atomic E-state index is -0.228. The van der Waals surface area contributed by atoms with E-state index in [4.69, 9.17) is 4.74 Å². The molecule has 0 N–H and O–H groups in total. The van der Waals surface area contributed by atoms with Gasteiger partial charge in [0.15, 0.2) is 0 Å². The Kier molecular flexibility index (Phi) is 5.53. The lowest BCUT2D eigenvalue weighted by atomic mass is 10.0. The van der Waals surface area contributed by atoms with E-state index in [2.05, 4.69) is 28.9 Å². The van der Waals surface area contributed by atoms with Gasteiger partial charge in [-0.05, 0) is 43.0 Å². The fourth-order valence-corrected chi connectivity index (χ4v) is 2.01. The monoisotopic (exact) mass is 284 g/mol. The summed E-state index contributed by atoms with van der Waals surface area (Å²) in [5.74, 6) is -0.228. The fraction of sp³-hybridized carbons (Fsp3) is 0.462. The van der Waals surface area contributed by atoms with Gasteiger partial charge in [0.05, 0.1) is 12.2 Å². The summed E-state index contributed by atoms with van der Waals surface area (Å²) in [5.41, 5.74) is 3.03. The van der Waals surface area contributed by atoms with E-state index in [9.17, 15) is 4.79 Å². The van der Waals surface area contributed by atoms with Crippen molar-refractivity contribution in [3.8, 4) is 0 Å². The van der Waals surface area contributed by atoms with Crippen LogP contribution < -0.4 is 0 Å². The number of carbonyl (C=O) groups excluding carboxylic acids is 1. The molecule has 0 heterocycles. The number of halogens is 1. The second-order valence-corrected chi connectivity index (χ2v) is 4.34. The van der Waals surface area contributed by atoms with Crippen molar-refractivity contribution < 1.29 is 9.53 Å². The first-order chi connectivity index (χ1) is 7.71. The Bertz CT molecular complexity index is 361. The van der Waals surface area contributed by atoms with E-state index in [1.165, 1.54) is 11.1 Å². The number of hydrogen-bond acceptors (Lipinski definition) is 2. The minimum absolute atomic E-state index is 0.228. The van der Waals surface area contributed by atoms with Crippen LogP contribution in [0.5, 0.6) is 0 Å². The maximum Gasteiger partial charge on any atom is 0.338 e. The lowest BCUT2D eigenvalue weighted by Gasteiger charge is -2.07. The molecule has 88 valence electrons. The number of carbonyl (C=O) groups is 1. The van der Waals surface area contributed by atoms with Gasteiger partial charge in [0.25, 0.3) is 0 Å². The zero-order valence-electron chi connectivity index (χ0n) is 9.75. The molecule has 0 radical (unpaired) electrons. The Morgan fingerprint density at radius 1 is 1.25 bits per heavy atom. The van der Waals surface area contributed by atoms with Gasteiger partial charge in [0, 0.05) is 5.33 Å². The van der Waals surface area contributed by atoms with E-state index in [1.807, 2.05) is 19.1 Å². The lowest BCUT2D eigenvalue weighted by Crippen LogP contribution is -2.06. The Balaban J connectivity index is 2.98. The SMILES string of the molecule is CCOC(=O)c1cc(CC)cc(CCBr)c1. The second kappa shape index (κ2) is 6.69. The van der Waals surface area contributed by atoms with Crippen LogP contribution in [0.4, 0.5) is 0 Å². The van der Waals surface area contributed by atoms with Crippen molar-refractivity contribution >= 4 is 21.9 Å². The first kappa shape index (κ1) is 13.2. The maximum absolute atomic E-state index is 11.6. The Hall–Kier alpha value is -0.830. The van der Waals surface area contributed by atoms with Gasteiger partial charge in [0.2, 0.25) is 0 Å². The summed E-state index contributed by atoms with van der Waals surface area (Å²) in [5, 5.41) is 0.905. The van der Waals surface area contributed by atoms with Crippen molar-refractivity contribution in [2.75, 3.05) is 11.9 Å². The molecule has 0 saturated heterocycles. The molecule has 1 aromatic carbocycles. The van der Waals surface area contributed by atoms with Crippen molar-refractivity contribution in [3.63, 3.8) is 0 Å². The Morgan fingerprint density at radius 3 is 2.50 bits per heavy atom. The average molecular weight is 285 g/mol. The van der Waals surface area contributed by atoms with E-state index < -0.39 is 0 Å². The van der Waals surface area contributed by atoms with Gasteiger partial charge in [-0.25, -0.2) is 4.79 Å². The summed E-state index contributed by atoms with van der Waals surface area (Å²) < 4.78 is 5.01. The molecule has 0 saturated carbocycles. The van der Waals surface area contributed by atoms with Crippen LogP contribution in [0, 0.1) is 0 Å². The predicted molar refractivity (Wildman–Crippen MR) is 69.3 cm³/mol. The standard InChI is InChI=1S/C13H17BrO2/c1-3-10-7-11(5-6-14)9-12(8-10)13(15)16-4-2/h7-9H,3-6H2,1-2H3. The molecule has 0 bridgehead atoms. The minimum Gasteiger partial charge on any atom is -0.462 e. The molecule has 0 fully saturated rings. The molecule has 0 aliphatic heterocycles. The first-order valence-corrected chi connectivity index (χ1v) is 6.69. The molecule has 16 heavy (non-hydrogen) atoms. The number of hydrogen-bond donors (Lipinski definition) is 0. The molecule has 0 atom stereocenters. The number of benzene rings is 1. The van der Waals surface area contributed by atoms with E-state index >= 15 is 0 Å². The summed E-state index contributed by atoms with van der Waals surface area (Å²) in [6.07, 6.45) is 1.86. The molecule has 1 aromatic rings. The predicted octanol–water partition coefficient (Wildman–Crippen LogP) is 3.36. The van der Waals surface area contributed by atoms with Gasteiger partial charge in [-0.3, -0.25) is 0 Å². The van der Waals surface area contributed by atoms with Crippen molar-refractivity contribution in [1.82, 2.24) is 0 Å². The molecule has 3 heteroatoms. The van der Waals surface area contributed by atoms with Gasteiger partial charge in [-0.15, -0.1) is 0 Å². The summed E-state index contributed by atoms with van der Waals surface area (Å²) in [4.78, 5) is 11.6. The third-order valence-corrected chi connectivity index (χ3v) is 2.75. The first-order valence-electron chi connectivity index (χ1n) is 5.57. The average Bonchev–Trinajstić information content (AvgIpc) is 2.29. The molecule has 0 unspecified atom stereocenters. The van der Waals surface area contributed by atoms with Gasteiger partial charge in [-0.2, -0.15) is 0 Å². The number of alkyl halides is 1. The van der Waals surface area contributed by atoms with Crippen LogP contribution in [0.3, 0.4) is 0 Å². The smallest absolute Gasteiger partial charge is 0.338 e. The van der Waals surface area contributed by atoms with Gasteiger partial charge in [-0.1, -0.05) is 28.9 Å². The van der Waals surface area contributed by atoms with E-state index in [0.717, 1.165) is 18.2 Å². The van der Waals surface area contributed by atoms with Gasteiger partial charge < -0.3 is 4.74 Å². The van der Waals surface area contributed by atoms with Gasteiger partial charge in [0.1, 0.15) is 0 Å². The van der Waals surface area contributed by atoms with Crippen LogP contribution >= 0.6 is 15.9 Å². The fourth-order valence-electron chi connectivity index (χ4n) is 1.55. The topological polar surface area (TPSA) is 26.3 Å². The van der Waals surface area contributed by atoms with Crippen LogP contribution in [0.1, 0.15) is 35.3 Å². The number of esters is 1. The number of aryl methyl sites for hydroxylation is 2.